The van der Waals surface area contributed by atoms with Gasteiger partial charge < -0.3 is 25.3 Å². The van der Waals surface area contributed by atoms with E-state index >= 15 is 4.39 Å². The molecule has 2 atom stereocenters. The molecule has 2 unspecified atom stereocenters. The minimum absolute atomic E-state index is 0.0772. The van der Waals surface area contributed by atoms with Crippen LogP contribution in [-0.4, -0.2) is 57.6 Å². The van der Waals surface area contributed by atoms with Gasteiger partial charge in [-0.1, -0.05) is 0 Å². The van der Waals surface area contributed by atoms with E-state index in [-0.39, 0.29) is 11.4 Å². The summed E-state index contributed by atoms with van der Waals surface area (Å²) in [5.74, 6) is 0.119. The van der Waals surface area contributed by atoms with Gasteiger partial charge in [-0.05, 0) is 25.8 Å². The summed E-state index contributed by atoms with van der Waals surface area (Å²) in [6.07, 6.45) is 4.15. The van der Waals surface area contributed by atoms with E-state index in [0.717, 1.165) is 25.6 Å². The predicted octanol–water partition coefficient (Wildman–Crippen LogP) is 3.12. The summed E-state index contributed by atoms with van der Waals surface area (Å²) in [6.45, 7) is 4.24. The second-order valence-corrected chi connectivity index (χ2v) is 8.48. The van der Waals surface area contributed by atoms with Crippen molar-refractivity contribution in [3.05, 3.63) is 35.9 Å². The highest BCUT2D eigenvalue weighted by Gasteiger charge is 2.38. The minimum atomic E-state index is -0.934. The van der Waals surface area contributed by atoms with Gasteiger partial charge in [0.2, 0.25) is 0 Å². The second kappa shape index (κ2) is 7.48. The fraction of sp³-hybridized carbons (Fsp3) is 0.364. The van der Waals surface area contributed by atoms with E-state index in [0.29, 0.717) is 58.1 Å². The Bertz CT molecular complexity index is 1360. The Balaban J connectivity index is 1.56. The number of halogens is 2. The van der Waals surface area contributed by atoms with Crippen molar-refractivity contribution < 1.29 is 13.5 Å². The number of ether oxygens (including phenoxy) is 1. The Hall–Kier alpha value is -3.60. The predicted molar refractivity (Wildman–Crippen MR) is 120 cm³/mol. The van der Waals surface area contributed by atoms with Crippen LogP contribution in [0.3, 0.4) is 0 Å². The molecule has 2 fully saturated rings. The number of H-pyrrole nitrogens is 1. The lowest BCUT2D eigenvalue weighted by atomic mass is 10.1. The van der Waals surface area contributed by atoms with Crippen molar-refractivity contribution in [2.75, 3.05) is 36.9 Å². The second-order valence-electron chi connectivity index (χ2n) is 8.48. The number of aromatic amines is 1. The van der Waals surface area contributed by atoms with E-state index in [1.807, 2.05) is 0 Å². The lowest BCUT2D eigenvalue weighted by Gasteiger charge is -2.20. The summed E-state index contributed by atoms with van der Waals surface area (Å²) in [5.41, 5.74) is 1.22. The highest BCUT2D eigenvalue weighted by Crippen LogP contribution is 2.40. The van der Waals surface area contributed by atoms with Gasteiger partial charge in [0.15, 0.2) is 17.4 Å². The van der Waals surface area contributed by atoms with Crippen LogP contribution in [0.2, 0.25) is 0 Å². The zero-order chi connectivity index (χ0) is 22.7. The van der Waals surface area contributed by atoms with Crippen molar-refractivity contribution in [3.63, 3.8) is 0 Å². The minimum Gasteiger partial charge on any atom is -0.421 e. The number of aromatic nitrogens is 5. The van der Waals surface area contributed by atoms with Crippen LogP contribution in [0, 0.1) is 24.5 Å². The van der Waals surface area contributed by atoms with E-state index in [4.69, 9.17) is 4.74 Å². The zero-order valence-electron chi connectivity index (χ0n) is 18.1. The molecule has 3 N–H and O–H groups in total. The fourth-order valence-corrected chi connectivity index (χ4v) is 4.89. The molecule has 2 aliphatic rings. The van der Waals surface area contributed by atoms with Crippen LogP contribution >= 0.6 is 0 Å². The van der Waals surface area contributed by atoms with Crippen molar-refractivity contribution in [2.45, 2.75) is 19.4 Å². The van der Waals surface area contributed by atoms with E-state index in [1.165, 1.54) is 0 Å². The standard InChI is InChI=1S/C22H22F2N8O/c1-10-27-6-12(7-28-10)33-22-30-20-17(16-18(24)13(23)5-14(25-2)19(16)29-20)21(31-22)32-8-11-3-4-26-15(11)9-32/h5-7,11,15,25-26H,3-4,8-9H2,1-2H3,(H,29,30,31). The summed E-state index contributed by atoms with van der Waals surface area (Å²) < 4.78 is 35.4. The summed E-state index contributed by atoms with van der Waals surface area (Å²) in [7, 11) is 1.66. The number of anilines is 2. The van der Waals surface area contributed by atoms with E-state index in [2.05, 4.69) is 40.5 Å². The summed E-state index contributed by atoms with van der Waals surface area (Å²) >= 11 is 0. The van der Waals surface area contributed by atoms with Crippen LogP contribution in [0.1, 0.15) is 12.2 Å². The summed E-state index contributed by atoms with van der Waals surface area (Å²) in [4.78, 5) is 22.6. The first-order valence-electron chi connectivity index (χ1n) is 10.9. The molecule has 0 bridgehead atoms. The first kappa shape index (κ1) is 20.0. The summed E-state index contributed by atoms with van der Waals surface area (Å²) in [6, 6.07) is 1.55. The molecule has 2 aliphatic heterocycles. The number of rotatable bonds is 4. The third-order valence-corrected chi connectivity index (χ3v) is 6.48. The van der Waals surface area contributed by atoms with Gasteiger partial charge in [0.25, 0.3) is 0 Å². The zero-order valence-corrected chi connectivity index (χ0v) is 18.1. The lowest BCUT2D eigenvalue weighted by molar-refractivity contribution is 0.439. The first-order chi connectivity index (χ1) is 16.0. The van der Waals surface area contributed by atoms with Crippen LogP contribution in [0.5, 0.6) is 11.8 Å². The van der Waals surface area contributed by atoms with Crippen LogP contribution in [0.15, 0.2) is 18.5 Å². The van der Waals surface area contributed by atoms with E-state index in [1.54, 1.807) is 26.4 Å². The Kier molecular flexibility index (Phi) is 4.54. The van der Waals surface area contributed by atoms with Crippen molar-refractivity contribution in [2.24, 2.45) is 5.92 Å². The topological polar surface area (TPSA) is 104 Å². The maximum atomic E-state index is 15.1. The van der Waals surface area contributed by atoms with Gasteiger partial charge >= 0.3 is 6.01 Å². The summed E-state index contributed by atoms with van der Waals surface area (Å²) in [5, 5.41) is 6.99. The maximum Gasteiger partial charge on any atom is 0.326 e. The number of fused-ring (bicyclic) bond motifs is 4. The number of hydrogen-bond donors (Lipinski definition) is 3. The third-order valence-electron chi connectivity index (χ3n) is 6.48. The smallest absolute Gasteiger partial charge is 0.326 e. The number of nitrogens with one attached hydrogen (secondary N) is 3. The molecule has 33 heavy (non-hydrogen) atoms. The number of hydrogen-bond acceptors (Lipinski definition) is 8. The molecule has 0 aliphatic carbocycles. The SMILES string of the molecule is CNc1cc(F)c(F)c2c1[nH]c1nc(Oc3cnc(C)nc3)nc(N3CC4CCNC4C3)c12. The molecule has 3 aromatic heterocycles. The monoisotopic (exact) mass is 452 g/mol. The average molecular weight is 452 g/mol. The van der Waals surface area contributed by atoms with Crippen molar-refractivity contribution >= 4 is 33.4 Å². The fourth-order valence-electron chi connectivity index (χ4n) is 4.89. The number of benzene rings is 1. The molecule has 9 nitrogen and oxygen atoms in total. The van der Waals surface area contributed by atoms with Crippen molar-refractivity contribution in [3.8, 4) is 11.8 Å². The van der Waals surface area contributed by atoms with Crippen molar-refractivity contribution in [1.82, 2.24) is 30.2 Å². The molecule has 0 saturated carbocycles. The normalized spacial score (nSPS) is 20.1. The molecule has 6 rings (SSSR count). The van der Waals surface area contributed by atoms with Gasteiger partial charge in [-0.2, -0.15) is 9.97 Å². The Morgan fingerprint density at radius 3 is 2.73 bits per heavy atom. The quantitative estimate of drug-likeness (QED) is 0.434. The van der Waals surface area contributed by atoms with Gasteiger partial charge in [-0.25, -0.2) is 18.7 Å². The van der Waals surface area contributed by atoms with Gasteiger partial charge in [-0.15, -0.1) is 0 Å². The van der Waals surface area contributed by atoms with Crippen LogP contribution in [0.4, 0.5) is 20.3 Å². The molecular formula is C22H22F2N8O. The highest BCUT2D eigenvalue weighted by molar-refractivity contribution is 6.15. The van der Waals surface area contributed by atoms with Crippen LogP contribution in [-0.2, 0) is 0 Å². The van der Waals surface area contributed by atoms with E-state index < -0.39 is 11.6 Å². The van der Waals surface area contributed by atoms with Crippen molar-refractivity contribution in [1.29, 1.82) is 0 Å². The largest absolute Gasteiger partial charge is 0.421 e. The average Bonchev–Trinajstić information content (AvgIpc) is 3.50. The third kappa shape index (κ3) is 3.22. The molecule has 5 heterocycles. The number of nitrogens with zero attached hydrogens (tertiary/aromatic N) is 5. The molecular weight excluding hydrogens is 430 g/mol. The molecule has 4 aromatic rings. The number of aryl methyl sites for hydroxylation is 1. The molecule has 2 saturated heterocycles. The molecule has 170 valence electrons. The highest BCUT2D eigenvalue weighted by atomic mass is 19.2. The molecule has 11 heteroatoms. The maximum absolute atomic E-state index is 15.1. The van der Waals surface area contributed by atoms with Crippen LogP contribution in [0.25, 0.3) is 21.9 Å². The molecule has 0 spiro atoms. The molecule has 0 radical (unpaired) electrons. The van der Waals surface area contributed by atoms with Gasteiger partial charge in [0.1, 0.15) is 17.3 Å². The molecule has 0 amide bonds. The van der Waals surface area contributed by atoms with E-state index in [9.17, 15) is 4.39 Å². The Morgan fingerprint density at radius 1 is 1.15 bits per heavy atom. The van der Waals surface area contributed by atoms with Crippen LogP contribution < -0.4 is 20.3 Å². The van der Waals surface area contributed by atoms with Gasteiger partial charge in [-0.3, -0.25) is 0 Å². The van der Waals surface area contributed by atoms with Gasteiger partial charge in [0.05, 0.1) is 34.4 Å². The lowest BCUT2D eigenvalue weighted by Crippen LogP contribution is -2.30. The Labute approximate surface area is 187 Å². The molecule has 1 aromatic carbocycles. The first-order valence-corrected chi connectivity index (χ1v) is 10.9. The van der Waals surface area contributed by atoms with Gasteiger partial charge in [0, 0.05) is 32.2 Å². The Morgan fingerprint density at radius 2 is 1.97 bits per heavy atom.